The Balaban J connectivity index is 3.18. The molecule has 0 fully saturated rings. The van der Waals surface area contributed by atoms with Crippen LogP contribution >= 0.6 is 11.6 Å². The third-order valence-electron chi connectivity index (χ3n) is 1.73. The van der Waals surface area contributed by atoms with Crippen LogP contribution in [-0.2, 0) is 0 Å². The number of hydrogen-bond acceptors (Lipinski definition) is 3. The quantitative estimate of drug-likeness (QED) is 0.758. The monoisotopic (exact) mass is 217 g/mol. The highest BCUT2D eigenvalue weighted by molar-refractivity contribution is 6.32. The summed E-state index contributed by atoms with van der Waals surface area (Å²) in [6, 6.07) is 2.22. The third-order valence-corrected chi connectivity index (χ3v) is 2.03. The molecule has 0 amide bonds. The number of aromatic hydroxyl groups is 1. The van der Waals surface area contributed by atoms with Crippen molar-refractivity contribution in [2.45, 2.75) is 6.42 Å². The maximum Gasteiger partial charge on any atom is 0.170 e. The van der Waals surface area contributed by atoms with Crippen molar-refractivity contribution in [3.05, 3.63) is 28.5 Å². The maximum atomic E-state index is 13.1. The molecule has 0 unspecified atom stereocenters. The van der Waals surface area contributed by atoms with Gasteiger partial charge in [0.15, 0.2) is 5.78 Å². The SMILES string of the molecule is NCCC(=O)c1c(F)ccc(Cl)c1O. The molecule has 3 nitrogen and oxygen atoms in total. The van der Waals surface area contributed by atoms with E-state index in [1.54, 1.807) is 0 Å². The summed E-state index contributed by atoms with van der Waals surface area (Å²) in [5.41, 5.74) is 4.76. The van der Waals surface area contributed by atoms with Gasteiger partial charge in [0, 0.05) is 6.42 Å². The van der Waals surface area contributed by atoms with E-state index in [1.807, 2.05) is 0 Å². The lowest BCUT2D eigenvalue weighted by atomic mass is 10.1. The van der Waals surface area contributed by atoms with Gasteiger partial charge in [-0.2, -0.15) is 0 Å². The molecule has 0 spiro atoms. The molecule has 0 saturated carbocycles. The van der Waals surface area contributed by atoms with Gasteiger partial charge < -0.3 is 10.8 Å². The molecule has 3 N–H and O–H groups in total. The summed E-state index contributed by atoms with van der Waals surface area (Å²) in [5.74, 6) is -1.86. The highest BCUT2D eigenvalue weighted by Crippen LogP contribution is 2.30. The van der Waals surface area contributed by atoms with Crippen LogP contribution in [0.3, 0.4) is 0 Å². The number of Topliss-reactive ketones (excluding diaryl/α,β-unsaturated/α-hetero) is 1. The van der Waals surface area contributed by atoms with Crippen molar-refractivity contribution >= 4 is 17.4 Å². The molecule has 0 aliphatic rings. The van der Waals surface area contributed by atoms with E-state index < -0.39 is 17.3 Å². The molecule has 0 saturated heterocycles. The summed E-state index contributed by atoms with van der Waals surface area (Å²) in [5, 5.41) is 9.29. The first-order valence-corrected chi connectivity index (χ1v) is 4.36. The number of rotatable bonds is 3. The van der Waals surface area contributed by atoms with Crippen molar-refractivity contribution in [3.8, 4) is 5.75 Å². The smallest absolute Gasteiger partial charge is 0.170 e. The van der Waals surface area contributed by atoms with Gasteiger partial charge in [0.05, 0.1) is 10.6 Å². The molecule has 0 bridgehead atoms. The Morgan fingerprint density at radius 2 is 2.21 bits per heavy atom. The van der Waals surface area contributed by atoms with E-state index in [2.05, 4.69) is 0 Å². The predicted octanol–water partition coefficient (Wildman–Crippen LogP) is 1.72. The first-order valence-electron chi connectivity index (χ1n) is 3.98. The lowest BCUT2D eigenvalue weighted by molar-refractivity contribution is 0.0979. The van der Waals surface area contributed by atoms with Crippen molar-refractivity contribution in [1.29, 1.82) is 0 Å². The number of carbonyl (C=O) groups is 1. The fourth-order valence-electron chi connectivity index (χ4n) is 1.06. The van der Waals surface area contributed by atoms with Crippen LogP contribution in [0.4, 0.5) is 4.39 Å². The highest BCUT2D eigenvalue weighted by Gasteiger charge is 2.18. The minimum absolute atomic E-state index is 0.0230. The summed E-state index contributed by atoms with van der Waals surface area (Å²) >= 11 is 5.53. The van der Waals surface area contributed by atoms with Crippen LogP contribution in [-0.4, -0.2) is 17.4 Å². The molecule has 0 atom stereocenters. The van der Waals surface area contributed by atoms with E-state index in [-0.39, 0.29) is 23.6 Å². The number of phenols is 1. The molecule has 1 rings (SSSR count). The van der Waals surface area contributed by atoms with Crippen LogP contribution in [0, 0.1) is 5.82 Å². The summed E-state index contributed by atoms with van der Waals surface area (Å²) in [7, 11) is 0. The first-order chi connectivity index (χ1) is 6.57. The molecular weight excluding hydrogens is 209 g/mol. The van der Waals surface area contributed by atoms with Crippen LogP contribution in [0.2, 0.25) is 5.02 Å². The second-order valence-electron chi connectivity index (χ2n) is 2.71. The summed E-state index contributed by atoms with van der Waals surface area (Å²) < 4.78 is 13.1. The molecule has 0 radical (unpaired) electrons. The summed E-state index contributed by atoms with van der Waals surface area (Å²) in [4.78, 5) is 11.3. The highest BCUT2D eigenvalue weighted by atomic mass is 35.5. The van der Waals surface area contributed by atoms with Gasteiger partial charge in [0.1, 0.15) is 11.6 Å². The Hall–Kier alpha value is -1.13. The maximum absolute atomic E-state index is 13.1. The Bertz CT molecular complexity index is 368. The fraction of sp³-hybridized carbons (Fsp3) is 0.222. The number of ketones is 1. The number of nitrogens with two attached hydrogens (primary N) is 1. The van der Waals surface area contributed by atoms with E-state index >= 15 is 0 Å². The Labute approximate surface area is 85.3 Å². The lowest BCUT2D eigenvalue weighted by Gasteiger charge is -2.05. The fourth-order valence-corrected chi connectivity index (χ4v) is 1.22. The van der Waals surface area contributed by atoms with Crippen molar-refractivity contribution in [2.75, 3.05) is 6.54 Å². The van der Waals surface area contributed by atoms with Gasteiger partial charge in [-0.05, 0) is 18.7 Å². The average molecular weight is 218 g/mol. The zero-order valence-corrected chi connectivity index (χ0v) is 8.01. The summed E-state index contributed by atoms with van der Waals surface area (Å²) in [6.07, 6.45) is -0.0230. The van der Waals surface area contributed by atoms with Gasteiger partial charge >= 0.3 is 0 Å². The van der Waals surface area contributed by atoms with E-state index in [4.69, 9.17) is 17.3 Å². The number of hydrogen-bond donors (Lipinski definition) is 2. The number of phenolic OH excluding ortho intramolecular Hbond substituents is 1. The minimum Gasteiger partial charge on any atom is -0.506 e. The topological polar surface area (TPSA) is 63.3 Å². The molecule has 1 aromatic carbocycles. The molecule has 14 heavy (non-hydrogen) atoms. The number of carbonyl (C=O) groups excluding carboxylic acids is 1. The minimum atomic E-state index is -0.787. The Morgan fingerprint density at radius 1 is 1.57 bits per heavy atom. The molecule has 1 aromatic rings. The van der Waals surface area contributed by atoms with Crippen LogP contribution in [0.1, 0.15) is 16.8 Å². The van der Waals surface area contributed by atoms with Crippen LogP contribution < -0.4 is 5.73 Å². The van der Waals surface area contributed by atoms with Crippen LogP contribution in [0.5, 0.6) is 5.75 Å². The molecule has 0 heterocycles. The van der Waals surface area contributed by atoms with E-state index in [9.17, 15) is 14.3 Å². The molecule has 0 aromatic heterocycles. The van der Waals surface area contributed by atoms with Gasteiger partial charge in [-0.1, -0.05) is 11.6 Å². The van der Waals surface area contributed by atoms with Gasteiger partial charge in [0.2, 0.25) is 0 Å². The normalized spacial score (nSPS) is 10.2. The largest absolute Gasteiger partial charge is 0.506 e. The molecule has 5 heteroatoms. The van der Waals surface area contributed by atoms with Crippen molar-refractivity contribution in [3.63, 3.8) is 0 Å². The Morgan fingerprint density at radius 3 is 2.79 bits per heavy atom. The van der Waals surface area contributed by atoms with E-state index in [0.29, 0.717) is 0 Å². The van der Waals surface area contributed by atoms with Crippen molar-refractivity contribution in [1.82, 2.24) is 0 Å². The number of halogens is 2. The zero-order valence-electron chi connectivity index (χ0n) is 7.26. The standard InChI is InChI=1S/C9H9ClFNO2/c10-5-1-2-6(11)8(9(5)14)7(13)3-4-12/h1-2,14H,3-4,12H2. The van der Waals surface area contributed by atoms with Gasteiger partial charge in [-0.15, -0.1) is 0 Å². The molecular formula is C9H9ClFNO2. The van der Waals surface area contributed by atoms with E-state index in [0.717, 1.165) is 6.07 Å². The summed E-state index contributed by atoms with van der Waals surface area (Å²) in [6.45, 7) is 0.101. The van der Waals surface area contributed by atoms with E-state index in [1.165, 1.54) is 6.07 Å². The predicted molar refractivity (Wildman–Crippen MR) is 51.1 cm³/mol. The average Bonchev–Trinajstić information content (AvgIpc) is 2.13. The van der Waals surface area contributed by atoms with Crippen LogP contribution in [0.15, 0.2) is 12.1 Å². The number of benzene rings is 1. The van der Waals surface area contributed by atoms with Gasteiger partial charge in [0.25, 0.3) is 0 Å². The molecule has 0 aliphatic carbocycles. The molecule has 76 valence electrons. The zero-order chi connectivity index (χ0) is 10.7. The lowest BCUT2D eigenvalue weighted by Crippen LogP contribution is -2.10. The van der Waals surface area contributed by atoms with Crippen molar-refractivity contribution < 1.29 is 14.3 Å². The molecule has 0 aliphatic heterocycles. The third kappa shape index (κ3) is 2.02. The Kier molecular flexibility index (Phi) is 3.43. The van der Waals surface area contributed by atoms with Gasteiger partial charge in [-0.25, -0.2) is 4.39 Å². The van der Waals surface area contributed by atoms with Gasteiger partial charge in [-0.3, -0.25) is 4.79 Å². The second-order valence-corrected chi connectivity index (χ2v) is 3.12. The van der Waals surface area contributed by atoms with Crippen molar-refractivity contribution in [2.24, 2.45) is 5.73 Å². The first kappa shape index (κ1) is 10.9. The van der Waals surface area contributed by atoms with Crippen LogP contribution in [0.25, 0.3) is 0 Å². The second kappa shape index (κ2) is 4.39.